The highest BCUT2D eigenvalue weighted by Gasteiger charge is 2.58. The fourth-order valence-corrected chi connectivity index (χ4v) is 1.91. The second-order valence-corrected chi connectivity index (χ2v) is 3.59. The largest absolute Gasteiger partial charge is 0.466 e. The van der Waals surface area contributed by atoms with Gasteiger partial charge in [-0.05, 0) is 6.08 Å². The maximum Gasteiger partial charge on any atom is 0.333 e. The first-order valence-corrected chi connectivity index (χ1v) is 4.39. The molecule has 0 radical (unpaired) electrons. The van der Waals surface area contributed by atoms with Crippen LogP contribution in [0.5, 0.6) is 0 Å². The molecular formula is C9H10O4. The van der Waals surface area contributed by atoms with Crippen molar-refractivity contribution >= 4 is 5.97 Å². The summed E-state index contributed by atoms with van der Waals surface area (Å²) < 4.78 is 15.4. The van der Waals surface area contributed by atoms with Crippen LogP contribution >= 0.6 is 0 Å². The van der Waals surface area contributed by atoms with Gasteiger partial charge in [0.25, 0.3) is 0 Å². The molecular weight excluding hydrogens is 172 g/mol. The molecule has 3 rings (SSSR count). The van der Waals surface area contributed by atoms with Crippen LogP contribution < -0.4 is 0 Å². The van der Waals surface area contributed by atoms with Crippen molar-refractivity contribution in [1.82, 2.24) is 0 Å². The van der Waals surface area contributed by atoms with Gasteiger partial charge in [0.1, 0.15) is 18.3 Å². The molecule has 0 spiro atoms. The van der Waals surface area contributed by atoms with Gasteiger partial charge in [-0.2, -0.15) is 0 Å². The van der Waals surface area contributed by atoms with Crippen molar-refractivity contribution < 1.29 is 19.0 Å². The highest BCUT2D eigenvalue weighted by Crippen LogP contribution is 2.45. The van der Waals surface area contributed by atoms with Crippen molar-refractivity contribution in [2.75, 3.05) is 7.11 Å². The zero-order valence-corrected chi connectivity index (χ0v) is 7.23. The molecule has 13 heavy (non-hydrogen) atoms. The second kappa shape index (κ2) is 2.33. The van der Waals surface area contributed by atoms with E-state index < -0.39 is 0 Å². The van der Waals surface area contributed by atoms with Crippen molar-refractivity contribution in [3.05, 3.63) is 11.6 Å². The Morgan fingerprint density at radius 1 is 1.54 bits per heavy atom. The Balaban J connectivity index is 1.83. The zero-order valence-electron chi connectivity index (χ0n) is 7.23. The summed E-state index contributed by atoms with van der Waals surface area (Å²) >= 11 is 0. The highest BCUT2D eigenvalue weighted by molar-refractivity contribution is 5.88. The Morgan fingerprint density at radius 3 is 3.15 bits per heavy atom. The standard InChI is InChI=1S/C9H10O4/c1-11-9(10)4-2-5-7(12-5)8-6(3-4)13-8/h2,5-8H,3H2,1H3/t5-,6+,7-,8+/m0/s1. The van der Waals surface area contributed by atoms with E-state index in [0.29, 0.717) is 12.0 Å². The van der Waals surface area contributed by atoms with E-state index in [0.717, 1.165) is 0 Å². The summed E-state index contributed by atoms with van der Waals surface area (Å²) in [6.45, 7) is 0. The monoisotopic (exact) mass is 182 g/mol. The molecule has 0 bridgehead atoms. The van der Waals surface area contributed by atoms with Gasteiger partial charge in [-0.3, -0.25) is 0 Å². The molecule has 0 aromatic carbocycles. The minimum absolute atomic E-state index is 0.0894. The van der Waals surface area contributed by atoms with Crippen molar-refractivity contribution in [1.29, 1.82) is 0 Å². The Kier molecular flexibility index (Phi) is 1.35. The number of esters is 1. The van der Waals surface area contributed by atoms with Gasteiger partial charge in [-0.15, -0.1) is 0 Å². The lowest BCUT2D eigenvalue weighted by atomic mass is 10.1. The number of carbonyl (C=O) groups is 1. The van der Waals surface area contributed by atoms with Crippen LogP contribution in [-0.2, 0) is 19.0 Å². The fourth-order valence-electron chi connectivity index (χ4n) is 1.91. The number of hydrogen-bond donors (Lipinski definition) is 0. The molecule has 0 amide bonds. The molecule has 0 N–H and O–H groups in total. The van der Waals surface area contributed by atoms with Crippen molar-refractivity contribution in [2.24, 2.45) is 0 Å². The quantitative estimate of drug-likeness (QED) is 0.424. The van der Waals surface area contributed by atoms with E-state index in [9.17, 15) is 4.79 Å². The molecule has 2 fully saturated rings. The third kappa shape index (κ3) is 1.09. The van der Waals surface area contributed by atoms with Gasteiger partial charge in [0.05, 0.1) is 13.2 Å². The third-order valence-corrected chi connectivity index (χ3v) is 2.74. The third-order valence-electron chi connectivity index (χ3n) is 2.74. The average Bonchev–Trinajstić information content (AvgIpc) is 2.90. The van der Waals surface area contributed by atoms with Crippen LogP contribution in [-0.4, -0.2) is 37.5 Å². The van der Waals surface area contributed by atoms with E-state index in [4.69, 9.17) is 9.47 Å². The van der Waals surface area contributed by atoms with Crippen LogP contribution in [0.3, 0.4) is 0 Å². The van der Waals surface area contributed by atoms with Gasteiger partial charge >= 0.3 is 5.97 Å². The predicted octanol–water partition coefficient (Wildman–Crippen LogP) is 0.0243. The normalized spacial score (nSPS) is 45.2. The number of fused-ring (bicyclic) bond motifs is 3. The summed E-state index contributed by atoms with van der Waals surface area (Å²) in [5.41, 5.74) is 0.694. The minimum Gasteiger partial charge on any atom is -0.466 e. The van der Waals surface area contributed by atoms with Gasteiger partial charge in [0, 0.05) is 12.0 Å². The summed E-state index contributed by atoms with van der Waals surface area (Å²) in [4.78, 5) is 11.2. The van der Waals surface area contributed by atoms with Crippen molar-refractivity contribution in [3.63, 3.8) is 0 Å². The van der Waals surface area contributed by atoms with Gasteiger partial charge in [-0.25, -0.2) is 4.79 Å². The number of rotatable bonds is 1. The van der Waals surface area contributed by atoms with Gasteiger partial charge in [-0.1, -0.05) is 0 Å². The van der Waals surface area contributed by atoms with Crippen LogP contribution in [0.4, 0.5) is 0 Å². The summed E-state index contributed by atoms with van der Waals surface area (Å²) in [7, 11) is 1.39. The Bertz CT molecular complexity index is 296. The first kappa shape index (κ1) is 7.53. The van der Waals surface area contributed by atoms with Crippen LogP contribution in [0, 0.1) is 0 Å². The first-order valence-electron chi connectivity index (χ1n) is 4.39. The number of hydrogen-bond acceptors (Lipinski definition) is 4. The zero-order chi connectivity index (χ0) is 9.00. The molecule has 4 atom stereocenters. The van der Waals surface area contributed by atoms with E-state index in [1.807, 2.05) is 6.08 Å². The molecule has 70 valence electrons. The molecule has 0 aromatic heterocycles. The maximum absolute atomic E-state index is 11.2. The van der Waals surface area contributed by atoms with Gasteiger partial charge in [0.2, 0.25) is 0 Å². The first-order chi connectivity index (χ1) is 6.29. The number of carbonyl (C=O) groups excluding carboxylic acids is 1. The lowest BCUT2D eigenvalue weighted by molar-refractivity contribution is -0.136. The van der Waals surface area contributed by atoms with Crippen LogP contribution in [0.2, 0.25) is 0 Å². The smallest absolute Gasteiger partial charge is 0.333 e. The molecule has 2 heterocycles. The Morgan fingerprint density at radius 2 is 2.38 bits per heavy atom. The molecule has 0 saturated carbocycles. The van der Waals surface area contributed by atoms with Crippen molar-refractivity contribution in [3.8, 4) is 0 Å². The molecule has 3 aliphatic rings. The van der Waals surface area contributed by atoms with Crippen LogP contribution in [0.15, 0.2) is 11.6 Å². The predicted molar refractivity (Wildman–Crippen MR) is 42.0 cm³/mol. The molecule has 4 heteroatoms. The molecule has 2 saturated heterocycles. The van der Waals surface area contributed by atoms with Gasteiger partial charge in [0.15, 0.2) is 0 Å². The molecule has 0 unspecified atom stereocenters. The van der Waals surface area contributed by atoms with E-state index in [1.54, 1.807) is 0 Å². The van der Waals surface area contributed by atoms with E-state index in [1.165, 1.54) is 7.11 Å². The summed E-state index contributed by atoms with van der Waals surface area (Å²) in [6.07, 6.45) is 3.24. The van der Waals surface area contributed by atoms with Crippen LogP contribution in [0.25, 0.3) is 0 Å². The number of ether oxygens (including phenoxy) is 3. The Labute approximate surface area is 75.5 Å². The maximum atomic E-state index is 11.2. The molecule has 4 nitrogen and oxygen atoms in total. The topological polar surface area (TPSA) is 51.4 Å². The van der Waals surface area contributed by atoms with E-state index in [-0.39, 0.29) is 30.4 Å². The lowest BCUT2D eigenvalue weighted by Gasteiger charge is -2.01. The molecule has 1 aliphatic carbocycles. The second-order valence-electron chi connectivity index (χ2n) is 3.59. The fraction of sp³-hybridized carbons (Fsp3) is 0.667. The minimum atomic E-state index is -0.259. The van der Waals surface area contributed by atoms with E-state index in [2.05, 4.69) is 4.74 Å². The van der Waals surface area contributed by atoms with Crippen LogP contribution in [0.1, 0.15) is 6.42 Å². The number of methoxy groups -OCH3 is 1. The summed E-state index contributed by atoms with van der Waals surface area (Å²) in [5.74, 6) is -0.259. The lowest BCUT2D eigenvalue weighted by Crippen LogP contribution is -2.08. The van der Waals surface area contributed by atoms with Crippen molar-refractivity contribution in [2.45, 2.75) is 30.8 Å². The Hall–Kier alpha value is -0.870. The summed E-state index contributed by atoms with van der Waals surface area (Å²) in [5, 5.41) is 0. The SMILES string of the molecule is COC(=O)C1=C[C@@H]2O[C@@H]2[C@@H]2O[C@@H]2C1. The molecule has 2 aliphatic heterocycles. The highest BCUT2D eigenvalue weighted by atomic mass is 16.7. The van der Waals surface area contributed by atoms with Gasteiger partial charge < -0.3 is 14.2 Å². The summed E-state index contributed by atoms with van der Waals surface area (Å²) in [6, 6.07) is 0. The average molecular weight is 182 g/mol. The molecule has 0 aromatic rings. The number of epoxide rings is 2. The van der Waals surface area contributed by atoms with E-state index >= 15 is 0 Å².